The van der Waals surface area contributed by atoms with E-state index in [1.807, 2.05) is 46.8 Å². The third kappa shape index (κ3) is 4.90. The highest BCUT2D eigenvalue weighted by Crippen LogP contribution is 2.28. The molecule has 0 heterocycles. The van der Waals surface area contributed by atoms with Crippen molar-refractivity contribution in [3.8, 4) is 0 Å². The van der Waals surface area contributed by atoms with Gasteiger partial charge in [0.2, 0.25) is 0 Å². The van der Waals surface area contributed by atoms with Crippen LogP contribution in [0.15, 0.2) is 24.3 Å². The summed E-state index contributed by atoms with van der Waals surface area (Å²) in [6, 6.07) is 7.34. The zero-order valence-electron chi connectivity index (χ0n) is 14.9. The Morgan fingerprint density at radius 3 is 1.77 bits per heavy atom. The van der Waals surface area contributed by atoms with Crippen LogP contribution in [0.25, 0.3) is 0 Å². The van der Waals surface area contributed by atoms with Gasteiger partial charge < -0.3 is 4.74 Å². The van der Waals surface area contributed by atoms with Gasteiger partial charge >= 0.3 is 0 Å². The van der Waals surface area contributed by atoms with Gasteiger partial charge in [-0.2, -0.15) is 0 Å². The molecule has 22 heavy (non-hydrogen) atoms. The molecule has 0 fully saturated rings. The second-order valence-electron chi connectivity index (χ2n) is 7.41. The Hall–Kier alpha value is -1.23. The maximum atomic E-state index is 12.3. The van der Waals surface area contributed by atoms with Crippen LogP contribution in [0.1, 0.15) is 64.4 Å². The zero-order chi connectivity index (χ0) is 17.2. The van der Waals surface area contributed by atoms with Crippen LogP contribution in [0.3, 0.4) is 0 Å². The van der Waals surface area contributed by atoms with Gasteiger partial charge in [-0.05, 0) is 54.0 Å². The van der Waals surface area contributed by atoms with Crippen molar-refractivity contribution in [2.24, 2.45) is 0 Å². The van der Waals surface area contributed by atoms with Crippen molar-refractivity contribution in [3.05, 3.63) is 35.4 Å². The summed E-state index contributed by atoms with van der Waals surface area (Å²) in [6.45, 7) is 13.2. The number of methoxy groups -OCH3 is 1. The third-order valence-corrected chi connectivity index (χ3v) is 3.40. The number of ether oxygens (including phenoxy) is 1. The van der Waals surface area contributed by atoms with Crippen molar-refractivity contribution in [1.82, 2.24) is 0 Å². The fourth-order valence-electron chi connectivity index (χ4n) is 1.74. The van der Waals surface area contributed by atoms with Crippen LogP contribution in [0.4, 0.5) is 0 Å². The molecule has 0 aliphatic carbocycles. The molecule has 1 aromatic carbocycles. The lowest BCUT2D eigenvalue weighted by atomic mass is 9.92. The standard InChI is InChI=1S/C18H28O4/c1-16(2,3)21-22-17(4,5)14-11-9-13(10-12-14)15(19)18(6,7)20-8/h9-12H,1-8H3. The van der Waals surface area contributed by atoms with Gasteiger partial charge in [-0.25, -0.2) is 9.78 Å². The molecule has 0 saturated heterocycles. The number of benzene rings is 1. The molecule has 0 amide bonds. The number of ketones is 1. The lowest BCUT2D eigenvalue weighted by molar-refractivity contribution is -0.401. The van der Waals surface area contributed by atoms with Crippen molar-refractivity contribution in [2.75, 3.05) is 7.11 Å². The first kappa shape index (κ1) is 18.8. The highest BCUT2D eigenvalue weighted by atomic mass is 17.2. The topological polar surface area (TPSA) is 44.8 Å². The minimum Gasteiger partial charge on any atom is -0.371 e. The molecule has 4 nitrogen and oxygen atoms in total. The first-order valence-corrected chi connectivity index (χ1v) is 7.46. The van der Waals surface area contributed by atoms with Gasteiger partial charge in [-0.15, -0.1) is 0 Å². The normalized spacial score (nSPS) is 13.3. The lowest BCUT2D eigenvalue weighted by Crippen LogP contribution is -2.34. The minimum absolute atomic E-state index is 0.0498. The summed E-state index contributed by atoms with van der Waals surface area (Å²) < 4.78 is 5.23. The van der Waals surface area contributed by atoms with Crippen LogP contribution in [-0.2, 0) is 20.1 Å². The molecule has 0 radical (unpaired) electrons. The summed E-state index contributed by atoms with van der Waals surface area (Å²) in [5.74, 6) is -0.0498. The van der Waals surface area contributed by atoms with Crippen LogP contribution < -0.4 is 0 Å². The molecule has 124 valence electrons. The lowest BCUT2D eigenvalue weighted by Gasteiger charge is -2.29. The maximum Gasteiger partial charge on any atom is 0.194 e. The first-order valence-electron chi connectivity index (χ1n) is 7.46. The molecule has 0 N–H and O–H groups in total. The van der Waals surface area contributed by atoms with Gasteiger partial charge in [-0.3, -0.25) is 4.79 Å². The van der Waals surface area contributed by atoms with Crippen LogP contribution in [-0.4, -0.2) is 24.1 Å². The van der Waals surface area contributed by atoms with E-state index < -0.39 is 11.2 Å². The van der Waals surface area contributed by atoms with Crippen molar-refractivity contribution in [2.45, 2.75) is 65.3 Å². The zero-order valence-corrected chi connectivity index (χ0v) is 14.9. The van der Waals surface area contributed by atoms with Gasteiger partial charge in [0, 0.05) is 12.7 Å². The molecule has 0 aliphatic heterocycles. The Morgan fingerprint density at radius 1 is 0.864 bits per heavy atom. The van der Waals surface area contributed by atoms with Crippen LogP contribution in [0, 0.1) is 0 Å². The average molecular weight is 308 g/mol. The number of carbonyl (C=O) groups is 1. The van der Waals surface area contributed by atoms with Crippen molar-refractivity contribution in [1.29, 1.82) is 0 Å². The molecule has 0 bridgehead atoms. The minimum atomic E-state index is -0.830. The van der Waals surface area contributed by atoms with Crippen LogP contribution >= 0.6 is 0 Å². The number of hydrogen-bond donors (Lipinski definition) is 0. The molecule has 1 rings (SSSR count). The van der Waals surface area contributed by atoms with E-state index in [9.17, 15) is 4.79 Å². The Labute approximate surface area is 133 Å². The Balaban J connectivity index is 2.90. The summed E-state index contributed by atoms with van der Waals surface area (Å²) in [6.07, 6.45) is 0. The molecule has 0 aliphatic rings. The number of hydrogen-bond acceptors (Lipinski definition) is 4. The van der Waals surface area contributed by atoms with E-state index in [-0.39, 0.29) is 11.4 Å². The predicted octanol–water partition coefficient (Wildman–Crippen LogP) is 4.28. The maximum absolute atomic E-state index is 12.3. The van der Waals surface area contributed by atoms with Gasteiger partial charge in [0.25, 0.3) is 0 Å². The average Bonchev–Trinajstić information content (AvgIpc) is 2.44. The molecule has 1 aromatic rings. The van der Waals surface area contributed by atoms with E-state index in [2.05, 4.69) is 0 Å². The SMILES string of the molecule is COC(C)(C)C(=O)c1ccc(C(C)(C)OOC(C)(C)C)cc1. The third-order valence-electron chi connectivity index (χ3n) is 3.40. The second-order valence-corrected chi connectivity index (χ2v) is 7.41. The molecule has 0 aromatic heterocycles. The van der Waals surface area contributed by atoms with E-state index in [1.54, 1.807) is 26.0 Å². The van der Waals surface area contributed by atoms with E-state index >= 15 is 0 Å². The smallest absolute Gasteiger partial charge is 0.194 e. The molecule has 4 heteroatoms. The van der Waals surface area contributed by atoms with Crippen LogP contribution in [0.2, 0.25) is 0 Å². The summed E-state index contributed by atoms with van der Waals surface area (Å²) in [5, 5.41) is 0. The van der Waals surface area contributed by atoms with Gasteiger partial charge in [0.15, 0.2) is 5.78 Å². The Morgan fingerprint density at radius 2 is 1.36 bits per heavy atom. The number of rotatable bonds is 6. The Bertz CT molecular complexity index is 507. The summed E-state index contributed by atoms with van der Waals surface area (Å²) in [7, 11) is 1.53. The number of Topliss-reactive ketones (excluding diaryl/α,β-unsaturated/α-hetero) is 1. The van der Waals surface area contributed by atoms with Gasteiger partial charge in [-0.1, -0.05) is 24.3 Å². The molecule has 0 saturated carbocycles. The van der Waals surface area contributed by atoms with Gasteiger partial charge in [0.1, 0.15) is 11.2 Å². The fraction of sp³-hybridized carbons (Fsp3) is 0.611. The molecule has 0 unspecified atom stereocenters. The van der Waals surface area contributed by atoms with E-state index in [1.165, 1.54) is 7.11 Å². The highest BCUT2D eigenvalue weighted by molar-refractivity contribution is 6.01. The largest absolute Gasteiger partial charge is 0.371 e. The summed E-state index contributed by atoms with van der Waals surface area (Å²) in [5.41, 5.74) is -0.267. The first-order chi connectivity index (χ1) is 9.89. The molecule has 0 spiro atoms. The molecular formula is C18H28O4. The number of carbonyl (C=O) groups excluding carboxylic acids is 1. The summed E-state index contributed by atoms with van der Waals surface area (Å²) in [4.78, 5) is 23.3. The Kier molecular flexibility index (Phi) is 5.55. The molecular weight excluding hydrogens is 280 g/mol. The van der Waals surface area contributed by atoms with Crippen molar-refractivity contribution in [3.63, 3.8) is 0 Å². The van der Waals surface area contributed by atoms with Crippen molar-refractivity contribution >= 4 is 5.78 Å². The van der Waals surface area contributed by atoms with E-state index in [0.717, 1.165) is 5.56 Å². The highest BCUT2D eigenvalue weighted by Gasteiger charge is 2.30. The second kappa shape index (κ2) is 6.49. The van der Waals surface area contributed by atoms with E-state index in [0.29, 0.717) is 5.56 Å². The monoisotopic (exact) mass is 308 g/mol. The van der Waals surface area contributed by atoms with Crippen LogP contribution in [0.5, 0.6) is 0 Å². The van der Waals surface area contributed by atoms with Gasteiger partial charge in [0.05, 0.1) is 5.60 Å². The van der Waals surface area contributed by atoms with E-state index in [4.69, 9.17) is 14.5 Å². The summed E-state index contributed by atoms with van der Waals surface area (Å²) >= 11 is 0. The predicted molar refractivity (Wildman–Crippen MR) is 86.8 cm³/mol. The molecule has 0 atom stereocenters. The van der Waals surface area contributed by atoms with Crippen molar-refractivity contribution < 1.29 is 19.3 Å². The fourth-order valence-corrected chi connectivity index (χ4v) is 1.74. The quantitative estimate of drug-likeness (QED) is 0.447.